The van der Waals surface area contributed by atoms with E-state index < -0.39 is 4.92 Å². The fraction of sp³-hybridized carbons (Fsp3) is 0.0909. The Labute approximate surface area is 107 Å². The second-order valence-corrected chi connectivity index (χ2v) is 3.72. The first kappa shape index (κ1) is 12.1. The van der Waals surface area contributed by atoms with Crippen molar-refractivity contribution >= 4 is 17.3 Å². The smallest absolute Gasteiger partial charge is 0.258 e. The Morgan fingerprint density at radius 2 is 2.28 bits per heavy atom. The van der Waals surface area contributed by atoms with Gasteiger partial charge in [-0.2, -0.15) is 10.4 Å². The predicted octanol–water partition coefficient (Wildman–Crippen LogP) is 2.39. The van der Waals surface area contributed by atoms with Gasteiger partial charge in [-0.3, -0.25) is 10.1 Å². The van der Waals surface area contributed by atoms with Crippen molar-refractivity contribution in [3.05, 3.63) is 51.8 Å². The largest absolute Gasteiger partial charge is 0.296 e. The summed E-state index contributed by atoms with van der Waals surface area (Å²) in [6.45, 7) is 0. The molecular weight excluding hydrogens is 256 g/mol. The van der Waals surface area contributed by atoms with Crippen LogP contribution in [-0.4, -0.2) is 14.7 Å². The summed E-state index contributed by atoms with van der Waals surface area (Å²) < 4.78 is 1.37. The van der Waals surface area contributed by atoms with Gasteiger partial charge >= 0.3 is 0 Å². The van der Waals surface area contributed by atoms with E-state index >= 15 is 0 Å². The Balaban J connectivity index is 2.56. The van der Waals surface area contributed by atoms with Gasteiger partial charge in [-0.1, -0.05) is 0 Å². The molecule has 0 atom stereocenters. The molecule has 1 aromatic heterocycles. The minimum atomic E-state index is -0.543. The molecule has 18 heavy (non-hydrogen) atoms. The van der Waals surface area contributed by atoms with E-state index in [2.05, 4.69) is 5.10 Å². The van der Waals surface area contributed by atoms with E-state index in [9.17, 15) is 10.1 Å². The maximum atomic E-state index is 11.0. The maximum Gasteiger partial charge on any atom is 0.296 e. The number of alkyl halides is 1. The Morgan fingerprint density at radius 1 is 1.50 bits per heavy atom. The summed E-state index contributed by atoms with van der Waals surface area (Å²) in [4.78, 5) is 10.4. The zero-order valence-corrected chi connectivity index (χ0v) is 9.83. The topological polar surface area (TPSA) is 84.8 Å². The molecule has 0 unspecified atom stereocenters. The third kappa shape index (κ3) is 2.17. The number of rotatable bonds is 3. The molecule has 0 saturated carbocycles. The number of hydrogen-bond donors (Lipinski definition) is 0. The Bertz CT molecular complexity index is 645. The van der Waals surface area contributed by atoms with Crippen molar-refractivity contribution in [1.82, 2.24) is 9.78 Å². The van der Waals surface area contributed by atoms with Crippen molar-refractivity contribution in [2.24, 2.45) is 0 Å². The van der Waals surface area contributed by atoms with Crippen LogP contribution >= 0.6 is 11.6 Å². The maximum absolute atomic E-state index is 11.0. The fourth-order valence-corrected chi connectivity index (χ4v) is 1.64. The third-order valence-electron chi connectivity index (χ3n) is 2.33. The number of hydrogen-bond acceptors (Lipinski definition) is 4. The standard InChI is InChI=1S/C11H7ClN4O2/c12-6-9-3-4-15(14-9)10-2-1-8(7-13)5-11(10)16(17)18/h1-5H,6H2. The highest BCUT2D eigenvalue weighted by Crippen LogP contribution is 2.23. The summed E-state index contributed by atoms with van der Waals surface area (Å²) in [5, 5.41) is 23.8. The molecular formula is C11H7ClN4O2. The summed E-state index contributed by atoms with van der Waals surface area (Å²) in [6, 6.07) is 7.75. The number of nitro benzene ring substituents is 1. The van der Waals surface area contributed by atoms with Gasteiger partial charge in [0.25, 0.3) is 5.69 Å². The Hall–Kier alpha value is -2.39. The molecule has 2 rings (SSSR count). The molecule has 0 amide bonds. The van der Waals surface area contributed by atoms with Crippen LogP contribution in [0, 0.1) is 21.4 Å². The number of nitriles is 1. The van der Waals surface area contributed by atoms with Crippen molar-refractivity contribution in [3.63, 3.8) is 0 Å². The normalized spacial score (nSPS) is 10.0. The molecule has 0 aliphatic carbocycles. The summed E-state index contributed by atoms with van der Waals surface area (Å²) in [5.41, 5.74) is 0.985. The van der Waals surface area contributed by atoms with Gasteiger partial charge in [0.05, 0.1) is 28.1 Å². The molecule has 1 aromatic carbocycles. The second-order valence-electron chi connectivity index (χ2n) is 3.46. The highest BCUT2D eigenvalue weighted by atomic mass is 35.5. The van der Waals surface area contributed by atoms with Crippen LogP contribution in [0.25, 0.3) is 5.69 Å². The first-order valence-corrected chi connectivity index (χ1v) is 5.48. The van der Waals surface area contributed by atoms with Gasteiger partial charge in [0.1, 0.15) is 5.69 Å². The molecule has 6 nitrogen and oxygen atoms in total. The molecule has 0 bridgehead atoms. The van der Waals surface area contributed by atoms with Crippen LogP contribution in [0.4, 0.5) is 5.69 Å². The molecule has 0 saturated heterocycles. The van der Waals surface area contributed by atoms with E-state index in [1.165, 1.54) is 22.9 Å². The lowest BCUT2D eigenvalue weighted by atomic mass is 10.2. The lowest BCUT2D eigenvalue weighted by Gasteiger charge is -2.02. The molecule has 7 heteroatoms. The van der Waals surface area contributed by atoms with E-state index in [1.54, 1.807) is 12.3 Å². The van der Waals surface area contributed by atoms with E-state index in [4.69, 9.17) is 16.9 Å². The van der Waals surface area contributed by atoms with Gasteiger partial charge in [0, 0.05) is 12.3 Å². The van der Waals surface area contributed by atoms with Crippen LogP contribution in [0.2, 0.25) is 0 Å². The Kier molecular flexibility index (Phi) is 3.26. The highest BCUT2D eigenvalue weighted by Gasteiger charge is 2.17. The van der Waals surface area contributed by atoms with Gasteiger partial charge in [0.15, 0.2) is 0 Å². The molecule has 0 aliphatic heterocycles. The van der Waals surface area contributed by atoms with Crippen molar-refractivity contribution < 1.29 is 4.92 Å². The first-order chi connectivity index (χ1) is 8.65. The van der Waals surface area contributed by atoms with E-state index in [-0.39, 0.29) is 17.1 Å². The van der Waals surface area contributed by atoms with Crippen LogP contribution in [0.5, 0.6) is 0 Å². The Morgan fingerprint density at radius 3 is 2.83 bits per heavy atom. The quantitative estimate of drug-likeness (QED) is 0.483. The van der Waals surface area contributed by atoms with E-state index in [0.29, 0.717) is 11.4 Å². The zero-order chi connectivity index (χ0) is 13.1. The average Bonchev–Trinajstić information content (AvgIpc) is 2.86. The van der Waals surface area contributed by atoms with Gasteiger partial charge in [-0.25, -0.2) is 4.68 Å². The number of nitrogens with zero attached hydrogens (tertiary/aromatic N) is 4. The summed E-state index contributed by atoms with van der Waals surface area (Å²) in [7, 11) is 0. The van der Waals surface area contributed by atoms with Crippen molar-refractivity contribution in [2.75, 3.05) is 0 Å². The summed E-state index contributed by atoms with van der Waals surface area (Å²) in [5.74, 6) is 0.233. The van der Waals surface area contributed by atoms with E-state index in [1.807, 2.05) is 6.07 Å². The average molecular weight is 263 g/mol. The molecule has 90 valence electrons. The predicted molar refractivity (Wildman–Crippen MR) is 64.5 cm³/mol. The number of benzene rings is 1. The molecule has 0 radical (unpaired) electrons. The molecule has 0 aliphatic rings. The van der Waals surface area contributed by atoms with Crippen LogP contribution in [-0.2, 0) is 5.88 Å². The summed E-state index contributed by atoms with van der Waals surface area (Å²) >= 11 is 5.62. The highest BCUT2D eigenvalue weighted by molar-refractivity contribution is 6.16. The molecule has 0 N–H and O–H groups in total. The number of aromatic nitrogens is 2. The van der Waals surface area contributed by atoms with Gasteiger partial charge in [-0.15, -0.1) is 11.6 Å². The van der Waals surface area contributed by atoms with Crippen LogP contribution in [0.3, 0.4) is 0 Å². The number of halogens is 1. The van der Waals surface area contributed by atoms with Crippen LogP contribution in [0.1, 0.15) is 11.3 Å². The van der Waals surface area contributed by atoms with Gasteiger partial charge < -0.3 is 0 Å². The summed E-state index contributed by atoms with van der Waals surface area (Å²) in [6.07, 6.45) is 1.59. The van der Waals surface area contributed by atoms with Crippen molar-refractivity contribution in [2.45, 2.75) is 5.88 Å². The molecule has 2 aromatic rings. The number of nitro groups is 1. The molecule has 0 fully saturated rings. The lowest BCUT2D eigenvalue weighted by Crippen LogP contribution is -2.01. The third-order valence-corrected chi connectivity index (χ3v) is 2.60. The van der Waals surface area contributed by atoms with E-state index in [0.717, 1.165) is 0 Å². The first-order valence-electron chi connectivity index (χ1n) is 4.95. The van der Waals surface area contributed by atoms with Crippen LogP contribution in [0.15, 0.2) is 30.5 Å². The fourth-order valence-electron chi connectivity index (χ4n) is 1.50. The lowest BCUT2D eigenvalue weighted by molar-refractivity contribution is -0.384. The molecule has 1 heterocycles. The SMILES string of the molecule is N#Cc1ccc(-n2ccc(CCl)n2)c([N+](=O)[O-])c1. The zero-order valence-electron chi connectivity index (χ0n) is 9.08. The molecule has 0 spiro atoms. The minimum absolute atomic E-state index is 0.168. The van der Waals surface area contributed by atoms with Gasteiger partial charge in [0.2, 0.25) is 0 Å². The minimum Gasteiger partial charge on any atom is -0.258 e. The van der Waals surface area contributed by atoms with Crippen molar-refractivity contribution in [3.8, 4) is 11.8 Å². The van der Waals surface area contributed by atoms with Gasteiger partial charge in [-0.05, 0) is 18.2 Å². The second kappa shape index (κ2) is 4.85. The van der Waals surface area contributed by atoms with Crippen LogP contribution < -0.4 is 0 Å². The monoisotopic (exact) mass is 262 g/mol. The van der Waals surface area contributed by atoms with Crippen molar-refractivity contribution in [1.29, 1.82) is 5.26 Å².